The first-order chi connectivity index (χ1) is 8.58. The van der Waals surface area contributed by atoms with E-state index in [-0.39, 0.29) is 5.91 Å². The molecule has 0 spiro atoms. The highest BCUT2D eigenvalue weighted by Crippen LogP contribution is 2.27. The fourth-order valence-electron chi connectivity index (χ4n) is 2.23. The number of benzene rings is 1. The van der Waals surface area contributed by atoms with Crippen LogP contribution in [-0.4, -0.2) is 24.4 Å². The van der Waals surface area contributed by atoms with Crippen molar-refractivity contribution in [2.24, 2.45) is 0 Å². The van der Waals surface area contributed by atoms with E-state index >= 15 is 0 Å². The van der Waals surface area contributed by atoms with Crippen LogP contribution in [-0.2, 0) is 4.79 Å². The Hall–Kier alpha value is -1.22. The van der Waals surface area contributed by atoms with Gasteiger partial charge in [-0.15, -0.1) is 11.6 Å². The molecule has 0 unspecified atom stereocenters. The molecule has 1 amide bonds. The van der Waals surface area contributed by atoms with Crippen LogP contribution in [0, 0.1) is 6.92 Å². The Kier molecular flexibility index (Phi) is 4.12. The van der Waals surface area contributed by atoms with Crippen molar-refractivity contribution in [2.45, 2.75) is 32.1 Å². The molecule has 4 heteroatoms. The van der Waals surface area contributed by atoms with Crippen LogP contribution in [0.15, 0.2) is 18.2 Å². The lowest BCUT2D eigenvalue weighted by molar-refractivity contribution is -0.115. The molecule has 1 N–H and O–H groups in total. The standard InChI is InChI=1S/C14H19ClN2O/c1-10-5-6-12(16-14(18)11(2)15)9-13(10)17-7-3-4-8-17/h5-6,9,11H,3-4,7-8H2,1-2H3,(H,16,18)/t11-/m0/s1. The fraction of sp³-hybridized carbons (Fsp3) is 0.500. The summed E-state index contributed by atoms with van der Waals surface area (Å²) in [5, 5.41) is 2.32. The molecule has 1 aromatic rings. The zero-order valence-corrected chi connectivity index (χ0v) is 11.6. The van der Waals surface area contributed by atoms with Gasteiger partial charge in [0.25, 0.3) is 0 Å². The topological polar surface area (TPSA) is 32.3 Å². The van der Waals surface area contributed by atoms with E-state index in [9.17, 15) is 4.79 Å². The Morgan fingerprint density at radius 2 is 2.06 bits per heavy atom. The first-order valence-corrected chi connectivity index (χ1v) is 6.82. The van der Waals surface area contributed by atoms with Gasteiger partial charge in [0.05, 0.1) is 0 Å². The van der Waals surface area contributed by atoms with E-state index in [2.05, 4.69) is 17.1 Å². The quantitative estimate of drug-likeness (QED) is 0.853. The molecule has 1 aromatic carbocycles. The minimum Gasteiger partial charge on any atom is -0.371 e. The van der Waals surface area contributed by atoms with Gasteiger partial charge in [0, 0.05) is 24.5 Å². The van der Waals surface area contributed by atoms with Crippen LogP contribution in [0.4, 0.5) is 11.4 Å². The molecule has 1 aliphatic rings. The summed E-state index contributed by atoms with van der Waals surface area (Å²) in [5.74, 6) is -0.159. The number of rotatable bonds is 3. The van der Waals surface area contributed by atoms with Gasteiger partial charge < -0.3 is 10.2 Å². The van der Waals surface area contributed by atoms with Crippen molar-refractivity contribution in [2.75, 3.05) is 23.3 Å². The van der Waals surface area contributed by atoms with Gasteiger partial charge in [-0.3, -0.25) is 4.79 Å². The lowest BCUT2D eigenvalue weighted by Crippen LogP contribution is -2.22. The minimum atomic E-state index is -0.512. The molecule has 1 aliphatic heterocycles. The molecule has 3 nitrogen and oxygen atoms in total. The van der Waals surface area contributed by atoms with Crippen LogP contribution in [0.1, 0.15) is 25.3 Å². The summed E-state index contributed by atoms with van der Waals surface area (Å²) in [6, 6.07) is 6.01. The molecule has 0 aromatic heterocycles. The van der Waals surface area contributed by atoms with Crippen molar-refractivity contribution in [3.8, 4) is 0 Å². The van der Waals surface area contributed by atoms with Gasteiger partial charge in [0.2, 0.25) is 5.91 Å². The predicted molar refractivity (Wildman–Crippen MR) is 76.6 cm³/mol. The zero-order valence-electron chi connectivity index (χ0n) is 10.9. The largest absolute Gasteiger partial charge is 0.371 e. The molecule has 0 aliphatic carbocycles. The number of hydrogen-bond donors (Lipinski definition) is 1. The van der Waals surface area contributed by atoms with Crippen molar-refractivity contribution in [3.63, 3.8) is 0 Å². The molecular formula is C14H19ClN2O. The number of alkyl halides is 1. The van der Waals surface area contributed by atoms with E-state index in [0.717, 1.165) is 18.8 Å². The highest BCUT2D eigenvalue weighted by atomic mass is 35.5. The van der Waals surface area contributed by atoms with Crippen LogP contribution < -0.4 is 10.2 Å². The summed E-state index contributed by atoms with van der Waals surface area (Å²) in [4.78, 5) is 13.9. The van der Waals surface area contributed by atoms with E-state index in [1.807, 2.05) is 18.2 Å². The monoisotopic (exact) mass is 266 g/mol. The van der Waals surface area contributed by atoms with Gasteiger partial charge in [0.1, 0.15) is 5.38 Å². The summed E-state index contributed by atoms with van der Waals surface area (Å²) in [7, 11) is 0. The molecule has 0 bridgehead atoms. The molecular weight excluding hydrogens is 248 g/mol. The maximum Gasteiger partial charge on any atom is 0.242 e. The summed E-state index contributed by atoms with van der Waals surface area (Å²) in [5.41, 5.74) is 3.28. The first-order valence-electron chi connectivity index (χ1n) is 6.38. The number of carbonyl (C=O) groups excluding carboxylic acids is 1. The van der Waals surface area contributed by atoms with Crippen LogP contribution in [0.2, 0.25) is 0 Å². The lowest BCUT2D eigenvalue weighted by atomic mass is 10.1. The van der Waals surface area contributed by atoms with Crippen molar-refractivity contribution in [1.29, 1.82) is 0 Å². The molecule has 2 rings (SSSR count). The molecule has 0 radical (unpaired) electrons. The second kappa shape index (κ2) is 5.61. The molecule has 0 saturated carbocycles. The smallest absolute Gasteiger partial charge is 0.242 e. The number of anilines is 2. The van der Waals surface area contributed by atoms with Crippen LogP contribution >= 0.6 is 11.6 Å². The number of halogens is 1. The Bertz CT molecular complexity index is 439. The summed E-state index contributed by atoms with van der Waals surface area (Å²) in [6.07, 6.45) is 2.49. The van der Waals surface area contributed by atoms with Crippen LogP contribution in [0.5, 0.6) is 0 Å². The highest BCUT2D eigenvalue weighted by Gasteiger charge is 2.16. The Balaban J connectivity index is 2.18. The molecule has 98 valence electrons. The third kappa shape index (κ3) is 2.96. The molecule has 1 heterocycles. The van der Waals surface area contributed by atoms with Gasteiger partial charge in [-0.1, -0.05) is 6.07 Å². The summed E-state index contributed by atoms with van der Waals surface area (Å²) < 4.78 is 0. The number of nitrogens with zero attached hydrogens (tertiary/aromatic N) is 1. The van der Waals surface area contributed by atoms with Gasteiger partial charge in [-0.25, -0.2) is 0 Å². The number of aryl methyl sites for hydroxylation is 1. The van der Waals surface area contributed by atoms with Gasteiger partial charge in [-0.05, 0) is 44.4 Å². The molecule has 18 heavy (non-hydrogen) atoms. The second-order valence-corrected chi connectivity index (χ2v) is 5.46. The minimum absolute atomic E-state index is 0.159. The Morgan fingerprint density at radius 1 is 1.39 bits per heavy atom. The van der Waals surface area contributed by atoms with E-state index in [1.54, 1.807) is 6.92 Å². The van der Waals surface area contributed by atoms with Crippen LogP contribution in [0.25, 0.3) is 0 Å². The maximum absolute atomic E-state index is 11.6. The normalized spacial score (nSPS) is 16.7. The third-order valence-corrected chi connectivity index (χ3v) is 3.48. The average Bonchev–Trinajstić information content (AvgIpc) is 2.85. The highest BCUT2D eigenvalue weighted by molar-refractivity contribution is 6.32. The van der Waals surface area contributed by atoms with E-state index < -0.39 is 5.38 Å². The Labute approximate surface area is 113 Å². The number of nitrogens with one attached hydrogen (secondary N) is 1. The van der Waals surface area contributed by atoms with Crippen molar-refractivity contribution in [3.05, 3.63) is 23.8 Å². The third-order valence-electron chi connectivity index (χ3n) is 3.28. The number of carbonyl (C=O) groups is 1. The van der Waals surface area contributed by atoms with E-state index in [1.165, 1.54) is 24.1 Å². The Morgan fingerprint density at radius 3 is 2.67 bits per heavy atom. The van der Waals surface area contributed by atoms with Gasteiger partial charge in [0.15, 0.2) is 0 Å². The summed E-state index contributed by atoms with van der Waals surface area (Å²) >= 11 is 5.75. The second-order valence-electron chi connectivity index (χ2n) is 4.80. The average molecular weight is 267 g/mol. The predicted octanol–water partition coefficient (Wildman–Crippen LogP) is 3.16. The number of hydrogen-bond acceptors (Lipinski definition) is 2. The molecule has 1 saturated heterocycles. The van der Waals surface area contributed by atoms with E-state index in [0.29, 0.717) is 0 Å². The zero-order chi connectivity index (χ0) is 13.1. The molecule has 1 fully saturated rings. The lowest BCUT2D eigenvalue weighted by Gasteiger charge is -2.21. The fourth-order valence-corrected chi connectivity index (χ4v) is 2.28. The maximum atomic E-state index is 11.6. The van der Waals surface area contributed by atoms with Crippen molar-refractivity contribution < 1.29 is 4.79 Å². The van der Waals surface area contributed by atoms with Crippen molar-refractivity contribution in [1.82, 2.24) is 0 Å². The first kappa shape index (κ1) is 13.2. The summed E-state index contributed by atoms with van der Waals surface area (Å²) in [6.45, 7) is 5.98. The van der Waals surface area contributed by atoms with Crippen molar-refractivity contribution >= 4 is 28.9 Å². The molecule has 1 atom stereocenters. The van der Waals surface area contributed by atoms with Gasteiger partial charge in [-0.2, -0.15) is 0 Å². The van der Waals surface area contributed by atoms with Gasteiger partial charge >= 0.3 is 0 Å². The number of amides is 1. The van der Waals surface area contributed by atoms with Crippen LogP contribution in [0.3, 0.4) is 0 Å². The SMILES string of the molecule is Cc1ccc(NC(=O)[C@H](C)Cl)cc1N1CCCC1. The van der Waals surface area contributed by atoms with E-state index in [4.69, 9.17) is 11.6 Å².